The van der Waals surface area contributed by atoms with E-state index in [9.17, 15) is 19.7 Å². The van der Waals surface area contributed by atoms with E-state index in [2.05, 4.69) is 10.6 Å². The maximum absolute atomic E-state index is 13.0. The Hall–Kier alpha value is -4.37. The van der Waals surface area contributed by atoms with E-state index in [-0.39, 0.29) is 18.0 Å². The van der Waals surface area contributed by atoms with Gasteiger partial charge in [0.05, 0.1) is 22.7 Å². The van der Waals surface area contributed by atoms with Crippen LogP contribution >= 0.6 is 0 Å². The zero-order chi connectivity index (χ0) is 24.1. The third kappa shape index (κ3) is 5.16. The summed E-state index contributed by atoms with van der Waals surface area (Å²) in [4.78, 5) is 39.3. The van der Waals surface area contributed by atoms with Crippen molar-refractivity contribution in [2.45, 2.75) is 18.9 Å². The molecule has 1 aliphatic rings. The van der Waals surface area contributed by atoms with Crippen LogP contribution < -0.4 is 10.6 Å². The molecule has 1 amide bonds. The van der Waals surface area contributed by atoms with Gasteiger partial charge in [0.15, 0.2) is 0 Å². The molecule has 172 valence electrons. The van der Waals surface area contributed by atoms with E-state index >= 15 is 0 Å². The first kappa shape index (κ1) is 22.8. The van der Waals surface area contributed by atoms with Gasteiger partial charge in [0.2, 0.25) is 5.91 Å². The van der Waals surface area contributed by atoms with E-state index in [4.69, 9.17) is 10.1 Å². The van der Waals surface area contributed by atoms with Crippen molar-refractivity contribution in [3.63, 3.8) is 0 Å². The second-order valence-corrected chi connectivity index (χ2v) is 7.80. The SMILES string of the molecule is O=C(O)CCNCc1cccc(N=C(c2ccccc2)C2C(=O)Nc3ccc([N+](=O)[O-])cc32)c1. The highest BCUT2D eigenvalue weighted by molar-refractivity contribution is 6.24. The van der Waals surface area contributed by atoms with Gasteiger partial charge in [-0.25, -0.2) is 0 Å². The zero-order valence-corrected chi connectivity index (χ0v) is 18.1. The molecule has 9 nitrogen and oxygen atoms in total. The zero-order valence-electron chi connectivity index (χ0n) is 18.1. The molecule has 0 saturated carbocycles. The quantitative estimate of drug-likeness (QED) is 0.192. The molecule has 0 bridgehead atoms. The summed E-state index contributed by atoms with van der Waals surface area (Å²) in [5.41, 5.74) is 3.67. The number of carbonyl (C=O) groups excluding carboxylic acids is 1. The summed E-state index contributed by atoms with van der Waals surface area (Å²) in [6.07, 6.45) is 0.0261. The smallest absolute Gasteiger partial charge is 0.304 e. The highest BCUT2D eigenvalue weighted by Crippen LogP contribution is 2.38. The van der Waals surface area contributed by atoms with E-state index in [0.717, 1.165) is 11.1 Å². The normalized spacial score (nSPS) is 15.0. The van der Waals surface area contributed by atoms with Gasteiger partial charge in [-0.3, -0.25) is 24.7 Å². The molecule has 0 aromatic heterocycles. The number of fused-ring (bicyclic) bond motifs is 1. The fraction of sp³-hybridized carbons (Fsp3) is 0.160. The van der Waals surface area contributed by atoms with Crippen molar-refractivity contribution in [2.24, 2.45) is 4.99 Å². The molecule has 3 aromatic rings. The number of nitrogens with zero attached hydrogens (tertiary/aromatic N) is 2. The van der Waals surface area contributed by atoms with Crippen LogP contribution in [0.15, 0.2) is 77.8 Å². The van der Waals surface area contributed by atoms with Crippen molar-refractivity contribution in [3.05, 3.63) is 99.6 Å². The largest absolute Gasteiger partial charge is 0.481 e. The first-order chi connectivity index (χ1) is 16.4. The van der Waals surface area contributed by atoms with E-state index in [1.807, 2.05) is 54.6 Å². The Labute approximate surface area is 195 Å². The van der Waals surface area contributed by atoms with Gasteiger partial charge in [0.1, 0.15) is 5.92 Å². The second-order valence-electron chi connectivity index (χ2n) is 7.80. The minimum Gasteiger partial charge on any atom is -0.481 e. The summed E-state index contributed by atoms with van der Waals surface area (Å²) in [5, 5.41) is 26.0. The molecule has 4 rings (SSSR count). The molecule has 3 aromatic carbocycles. The number of carbonyl (C=O) groups is 2. The van der Waals surface area contributed by atoms with Gasteiger partial charge in [-0.2, -0.15) is 0 Å². The van der Waals surface area contributed by atoms with Crippen LogP contribution in [0.2, 0.25) is 0 Å². The molecule has 0 spiro atoms. The summed E-state index contributed by atoms with van der Waals surface area (Å²) in [7, 11) is 0. The lowest BCUT2D eigenvalue weighted by atomic mass is 9.90. The minimum absolute atomic E-state index is 0.0261. The topological polar surface area (TPSA) is 134 Å². The van der Waals surface area contributed by atoms with Crippen LogP contribution in [0.25, 0.3) is 0 Å². The summed E-state index contributed by atoms with van der Waals surface area (Å²) in [5.74, 6) is -1.98. The third-order valence-electron chi connectivity index (χ3n) is 5.42. The van der Waals surface area contributed by atoms with Crippen LogP contribution in [-0.4, -0.2) is 34.2 Å². The van der Waals surface area contributed by atoms with E-state index in [1.54, 1.807) is 0 Å². The summed E-state index contributed by atoms with van der Waals surface area (Å²) in [6.45, 7) is 0.812. The first-order valence-electron chi connectivity index (χ1n) is 10.7. The van der Waals surface area contributed by atoms with E-state index in [1.165, 1.54) is 18.2 Å². The molecule has 0 radical (unpaired) electrons. The Morgan fingerprint density at radius 3 is 2.62 bits per heavy atom. The number of non-ortho nitro benzene ring substituents is 1. The molecule has 0 saturated heterocycles. The molecule has 1 heterocycles. The summed E-state index contributed by atoms with van der Waals surface area (Å²) in [6, 6.07) is 21.0. The molecule has 1 aliphatic heterocycles. The number of carboxylic acid groups (broad SMARTS) is 1. The van der Waals surface area contributed by atoms with Crippen molar-refractivity contribution >= 4 is 34.7 Å². The molecule has 3 N–H and O–H groups in total. The summed E-state index contributed by atoms with van der Waals surface area (Å²) >= 11 is 0. The van der Waals surface area contributed by atoms with Crippen molar-refractivity contribution in [1.82, 2.24) is 5.32 Å². The Morgan fingerprint density at radius 1 is 1.09 bits per heavy atom. The predicted molar refractivity (Wildman–Crippen MR) is 128 cm³/mol. The van der Waals surface area contributed by atoms with Crippen LogP contribution in [-0.2, 0) is 16.1 Å². The molecular weight excluding hydrogens is 436 g/mol. The van der Waals surface area contributed by atoms with Crippen LogP contribution in [0.3, 0.4) is 0 Å². The Morgan fingerprint density at radius 2 is 1.88 bits per heavy atom. The highest BCUT2D eigenvalue weighted by Gasteiger charge is 2.36. The number of rotatable bonds is 9. The van der Waals surface area contributed by atoms with Gasteiger partial charge < -0.3 is 15.7 Å². The van der Waals surface area contributed by atoms with Gasteiger partial charge >= 0.3 is 5.97 Å². The Kier molecular flexibility index (Phi) is 6.74. The van der Waals surface area contributed by atoms with Gasteiger partial charge in [-0.15, -0.1) is 0 Å². The van der Waals surface area contributed by atoms with Crippen LogP contribution in [0, 0.1) is 10.1 Å². The number of anilines is 1. The molecule has 0 aliphatic carbocycles. The van der Waals surface area contributed by atoms with Gasteiger partial charge in [0, 0.05) is 36.5 Å². The number of aliphatic imine (C=N–C) groups is 1. The van der Waals surface area contributed by atoms with Crippen LogP contribution in [0.5, 0.6) is 0 Å². The fourth-order valence-corrected chi connectivity index (χ4v) is 3.84. The molecule has 0 fully saturated rings. The highest BCUT2D eigenvalue weighted by atomic mass is 16.6. The monoisotopic (exact) mass is 458 g/mol. The van der Waals surface area contributed by atoms with Gasteiger partial charge in [-0.1, -0.05) is 42.5 Å². The van der Waals surface area contributed by atoms with Crippen molar-refractivity contribution < 1.29 is 19.6 Å². The van der Waals surface area contributed by atoms with Crippen molar-refractivity contribution in [2.75, 3.05) is 11.9 Å². The number of aliphatic carboxylic acids is 1. The average Bonchev–Trinajstić information content (AvgIpc) is 3.15. The number of nitro groups is 1. The van der Waals surface area contributed by atoms with Crippen LogP contribution in [0.1, 0.15) is 29.0 Å². The number of hydrogen-bond donors (Lipinski definition) is 3. The number of nitro benzene ring substituents is 1. The number of hydrogen-bond acceptors (Lipinski definition) is 6. The Bertz CT molecular complexity index is 1270. The van der Waals surface area contributed by atoms with E-state index in [0.29, 0.717) is 35.7 Å². The standard InChI is InChI=1S/C25H22N4O5/c30-22(31)11-12-26-15-16-5-4-8-18(13-16)27-24(17-6-2-1-3-7-17)23-20-14-19(29(33)34)9-10-21(20)28-25(23)32/h1-10,13-14,23,26H,11-12,15H2,(H,28,32)(H,30,31). The maximum atomic E-state index is 13.0. The third-order valence-corrected chi connectivity index (χ3v) is 5.42. The lowest BCUT2D eigenvalue weighted by molar-refractivity contribution is -0.384. The molecular formula is C25H22N4O5. The minimum atomic E-state index is -0.867. The number of nitrogens with one attached hydrogen (secondary N) is 2. The second kappa shape index (κ2) is 10.1. The van der Waals surface area contributed by atoms with Crippen molar-refractivity contribution in [1.29, 1.82) is 0 Å². The fourth-order valence-electron chi connectivity index (χ4n) is 3.84. The van der Waals surface area contributed by atoms with Gasteiger partial charge in [0.25, 0.3) is 5.69 Å². The first-order valence-corrected chi connectivity index (χ1v) is 10.7. The average molecular weight is 458 g/mol. The van der Waals surface area contributed by atoms with E-state index < -0.39 is 16.8 Å². The number of amides is 1. The molecule has 34 heavy (non-hydrogen) atoms. The van der Waals surface area contributed by atoms with Crippen LogP contribution in [0.4, 0.5) is 17.1 Å². The molecule has 9 heteroatoms. The Balaban J connectivity index is 1.71. The molecule has 1 atom stereocenters. The molecule has 1 unspecified atom stereocenters. The number of benzene rings is 3. The maximum Gasteiger partial charge on any atom is 0.304 e. The summed E-state index contributed by atoms with van der Waals surface area (Å²) < 4.78 is 0. The lowest BCUT2D eigenvalue weighted by Gasteiger charge is -2.14. The predicted octanol–water partition coefficient (Wildman–Crippen LogP) is 4.02. The van der Waals surface area contributed by atoms with Gasteiger partial charge in [-0.05, 0) is 29.3 Å². The van der Waals surface area contributed by atoms with Crippen molar-refractivity contribution in [3.8, 4) is 0 Å². The number of carboxylic acids is 1. The lowest BCUT2D eigenvalue weighted by Crippen LogP contribution is -2.22.